The predicted molar refractivity (Wildman–Crippen MR) is 75.4 cm³/mol. The summed E-state index contributed by atoms with van der Waals surface area (Å²) in [7, 11) is -3.29. The summed E-state index contributed by atoms with van der Waals surface area (Å²) in [5, 5.41) is 0. The number of benzene rings is 1. The Bertz CT molecular complexity index is 547. The second-order valence-electron chi connectivity index (χ2n) is 4.50. The third-order valence-electron chi connectivity index (χ3n) is 2.83. The summed E-state index contributed by atoms with van der Waals surface area (Å²) in [6.45, 7) is 0.110. The standard InChI is InChI=1S/C13H18N2O3S/c14-11-4-3-7-13(10-11)18-8-9-19(16,17)15-12-5-1-2-6-12/h1-4,7,10,12,15H,5-6,8-9,14H2. The van der Waals surface area contributed by atoms with Crippen molar-refractivity contribution in [1.29, 1.82) is 0 Å². The minimum absolute atomic E-state index is 0.00244. The highest BCUT2D eigenvalue weighted by Gasteiger charge is 2.18. The lowest BCUT2D eigenvalue weighted by molar-refractivity contribution is 0.340. The van der Waals surface area contributed by atoms with Crippen LogP contribution in [0.1, 0.15) is 12.8 Å². The molecule has 0 aliphatic heterocycles. The van der Waals surface area contributed by atoms with Crippen LogP contribution in [-0.4, -0.2) is 26.8 Å². The molecule has 2 rings (SSSR count). The smallest absolute Gasteiger partial charge is 0.215 e. The van der Waals surface area contributed by atoms with E-state index in [2.05, 4.69) is 4.72 Å². The zero-order valence-corrected chi connectivity index (χ0v) is 11.4. The van der Waals surface area contributed by atoms with Crippen molar-refractivity contribution < 1.29 is 13.2 Å². The van der Waals surface area contributed by atoms with Crippen molar-refractivity contribution in [2.75, 3.05) is 18.1 Å². The Morgan fingerprint density at radius 1 is 1.32 bits per heavy atom. The number of ether oxygens (including phenoxy) is 1. The van der Waals surface area contributed by atoms with Crippen LogP contribution in [-0.2, 0) is 10.0 Å². The van der Waals surface area contributed by atoms with E-state index in [9.17, 15) is 8.42 Å². The first-order valence-electron chi connectivity index (χ1n) is 6.18. The van der Waals surface area contributed by atoms with Gasteiger partial charge in [0.1, 0.15) is 12.4 Å². The molecule has 5 nitrogen and oxygen atoms in total. The zero-order valence-electron chi connectivity index (χ0n) is 10.6. The van der Waals surface area contributed by atoms with Crippen molar-refractivity contribution >= 4 is 15.7 Å². The van der Waals surface area contributed by atoms with Gasteiger partial charge in [-0.15, -0.1) is 0 Å². The first-order chi connectivity index (χ1) is 9.05. The molecule has 0 fully saturated rings. The molecule has 0 saturated carbocycles. The molecule has 1 aliphatic carbocycles. The predicted octanol–water partition coefficient (Wildman–Crippen LogP) is 1.29. The fourth-order valence-electron chi connectivity index (χ4n) is 1.90. The molecule has 1 aliphatic rings. The summed E-state index contributed by atoms with van der Waals surface area (Å²) in [6, 6.07) is 6.93. The van der Waals surface area contributed by atoms with Gasteiger partial charge in [0.25, 0.3) is 0 Å². The number of nitrogens with two attached hydrogens (primary N) is 1. The molecule has 0 amide bonds. The van der Waals surface area contributed by atoms with Gasteiger partial charge in [-0.05, 0) is 25.0 Å². The van der Waals surface area contributed by atoms with Gasteiger partial charge in [0.15, 0.2) is 0 Å². The van der Waals surface area contributed by atoms with E-state index >= 15 is 0 Å². The minimum atomic E-state index is -3.29. The van der Waals surface area contributed by atoms with E-state index in [1.54, 1.807) is 24.3 Å². The van der Waals surface area contributed by atoms with E-state index in [-0.39, 0.29) is 18.4 Å². The molecule has 0 bridgehead atoms. The molecule has 1 aromatic rings. The Hall–Kier alpha value is -1.53. The highest BCUT2D eigenvalue weighted by molar-refractivity contribution is 7.89. The van der Waals surface area contributed by atoms with Crippen molar-refractivity contribution in [1.82, 2.24) is 4.72 Å². The molecule has 0 unspecified atom stereocenters. The molecular formula is C13H18N2O3S. The van der Waals surface area contributed by atoms with Gasteiger partial charge in [0.2, 0.25) is 10.0 Å². The summed E-state index contributed by atoms with van der Waals surface area (Å²) < 4.78 is 31.6. The number of rotatable bonds is 6. The molecule has 0 heterocycles. The van der Waals surface area contributed by atoms with Crippen molar-refractivity contribution in [3.05, 3.63) is 36.4 Å². The second-order valence-corrected chi connectivity index (χ2v) is 6.37. The number of anilines is 1. The SMILES string of the molecule is Nc1cccc(OCCS(=O)(=O)NC2CC=CC2)c1. The maximum atomic E-state index is 11.8. The minimum Gasteiger partial charge on any atom is -0.492 e. The molecule has 0 spiro atoms. The van der Waals surface area contributed by atoms with Gasteiger partial charge in [-0.1, -0.05) is 18.2 Å². The van der Waals surface area contributed by atoms with Gasteiger partial charge in [-0.3, -0.25) is 0 Å². The summed E-state index contributed by atoms with van der Waals surface area (Å²) in [6.07, 6.45) is 5.48. The average molecular weight is 282 g/mol. The van der Waals surface area contributed by atoms with E-state index < -0.39 is 10.0 Å². The molecule has 0 radical (unpaired) electrons. The first-order valence-corrected chi connectivity index (χ1v) is 7.84. The average Bonchev–Trinajstić information content (AvgIpc) is 2.80. The van der Waals surface area contributed by atoms with Gasteiger partial charge in [0.05, 0.1) is 5.75 Å². The molecule has 0 atom stereocenters. The molecule has 19 heavy (non-hydrogen) atoms. The highest BCUT2D eigenvalue weighted by atomic mass is 32.2. The van der Waals surface area contributed by atoms with E-state index in [0.717, 1.165) is 12.8 Å². The number of nitrogens with one attached hydrogen (secondary N) is 1. The Kier molecular flexibility index (Phi) is 4.44. The van der Waals surface area contributed by atoms with E-state index in [4.69, 9.17) is 10.5 Å². The number of nitrogen functional groups attached to an aromatic ring is 1. The van der Waals surface area contributed by atoms with Crippen LogP contribution in [0, 0.1) is 0 Å². The number of sulfonamides is 1. The maximum absolute atomic E-state index is 11.8. The van der Waals surface area contributed by atoms with Gasteiger partial charge in [-0.25, -0.2) is 13.1 Å². The van der Waals surface area contributed by atoms with E-state index in [0.29, 0.717) is 11.4 Å². The quantitative estimate of drug-likeness (QED) is 0.608. The fraction of sp³-hybridized carbons (Fsp3) is 0.385. The highest BCUT2D eigenvalue weighted by Crippen LogP contribution is 2.14. The lowest BCUT2D eigenvalue weighted by Crippen LogP contribution is -2.36. The monoisotopic (exact) mass is 282 g/mol. The van der Waals surface area contributed by atoms with E-state index in [1.165, 1.54) is 0 Å². The van der Waals surface area contributed by atoms with Crippen LogP contribution in [0.15, 0.2) is 36.4 Å². The molecule has 3 N–H and O–H groups in total. The summed E-state index contributed by atoms with van der Waals surface area (Å²) in [5.74, 6) is 0.524. The van der Waals surface area contributed by atoms with Gasteiger partial charge >= 0.3 is 0 Å². The number of hydrogen-bond donors (Lipinski definition) is 2. The largest absolute Gasteiger partial charge is 0.492 e. The van der Waals surface area contributed by atoms with E-state index in [1.807, 2.05) is 12.2 Å². The van der Waals surface area contributed by atoms with Crippen LogP contribution in [0.3, 0.4) is 0 Å². The molecule has 1 aromatic carbocycles. The Morgan fingerprint density at radius 2 is 2.05 bits per heavy atom. The Morgan fingerprint density at radius 3 is 2.74 bits per heavy atom. The Balaban J connectivity index is 1.78. The van der Waals surface area contributed by atoms with Crippen LogP contribution >= 0.6 is 0 Å². The summed E-state index contributed by atoms with van der Waals surface area (Å²) >= 11 is 0. The molecule has 6 heteroatoms. The van der Waals surface area contributed by atoms with Crippen LogP contribution < -0.4 is 15.2 Å². The first kappa shape index (κ1) is 13.9. The topological polar surface area (TPSA) is 81.4 Å². The molecule has 104 valence electrons. The normalized spacial score (nSPS) is 15.8. The number of hydrogen-bond acceptors (Lipinski definition) is 4. The summed E-state index contributed by atoms with van der Waals surface area (Å²) in [4.78, 5) is 0. The molecule has 0 saturated heterocycles. The zero-order chi connectivity index (χ0) is 13.7. The van der Waals surface area contributed by atoms with Crippen molar-refractivity contribution in [3.63, 3.8) is 0 Å². The van der Waals surface area contributed by atoms with Crippen molar-refractivity contribution in [3.8, 4) is 5.75 Å². The van der Waals surface area contributed by atoms with Gasteiger partial charge < -0.3 is 10.5 Å². The van der Waals surface area contributed by atoms with Crippen LogP contribution in [0.4, 0.5) is 5.69 Å². The summed E-state index contributed by atoms with van der Waals surface area (Å²) in [5.41, 5.74) is 6.20. The third-order valence-corrected chi connectivity index (χ3v) is 4.23. The lowest BCUT2D eigenvalue weighted by atomic mass is 10.3. The molecular weight excluding hydrogens is 264 g/mol. The van der Waals surface area contributed by atoms with Gasteiger partial charge in [-0.2, -0.15) is 0 Å². The van der Waals surface area contributed by atoms with Crippen molar-refractivity contribution in [2.24, 2.45) is 0 Å². The van der Waals surface area contributed by atoms with Crippen LogP contribution in [0.25, 0.3) is 0 Å². The van der Waals surface area contributed by atoms with Crippen molar-refractivity contribution in [2.45, 2.75) is 18.9 Å². The third kappa shape index (κ3) is 4.57. The van der Waals surface area contributed by atoms with Crippen LogP contribution in [0.5, 0.6) is 5.75 Å². The van der Waals surface area contributed by atoms with Crippen LogP contribution in [0.2, 0.25) is 0 Å². The molecule has 0 aromatic heterocycles. The second kappa shape index (κ2) is 6.08. The van der Waals surface area contributed by atoms with Gasteiger partial charge in [0, 0.05) is 17.8 Å². The maximum Gasteiger partial charge on any atom is 0.215 e. The Labute approximate surface area is 113 Å². The lowest BCUT2D eigenvalue weighted by Gasteiger charge is -2.13. The fourth-order valence-corrected chi connectivity index (χ4v) is 3.02.